The van der Waals surface area contributed by atoms with Crippen LogP contribution >= 0.6 is 0 Å². The third kappa shape index (κ3) is 3.61. The number of ether oxygens (including phenoxy) is 1. The van der Waals surface area contributed by atoms with Gasteiger partial charge in [-0.25, -0.2) is 0 Å². The highest BCUT2D eigenvalue weighted by molar-refractivity contribution is 5.92. The lowest BCUT2D eigenvalue weighted by atomic mass is 9.75. The zero-order chi connectivity index (χ0) is 18.0. The Morgan fingerprint density at radius 1 is 1.40 bits per heavy atom. The van der Waals surface area contributed by atoms with Crippen LogP contribution in [0.5, 0.6) is 0 Å². The van der Waals surface area contributed by atoms with Crippen LogP contribution in [-0.4, -0.2) is 43.5 Å². The normalized spacial score (nSPS) is 25.2. The Hall–Kier alpha value is -2.14. The van der Waals surface area contributed by atoms with Gasteiger partial charge in [-0.15, -0.1) is 0 Å². The second kappa shape index (κ2) is 7.00. The Labute approximate surface area is 149 Å². The molecule has 134 valence electrons. The molecular formula is C20H26N2O3. The molecule has 2 atom stereocenters. The van der Waals surface area contributed by atoms with Crippen molar-refractivity contribution in [3.05, 3.63) is 42.0 Å². The Bertz CT molecular complexity index is 683. The van der Waals surface area contributed by atoms with E-state index in [4.69, 9.17) is 4.74 Å². The molecule has 2 aliphatic rings. The van der Waals surface area contributed by atoms with Gasteiger partial charge in [-0.2, -0.15) is 0 Å². The summed E-state index contributed by atoms with van der Waals surface area (Å²) in [6.07, 6.45) is 2.27. The monoisotopic (exact) mass is 342 g/mol. The largest absolute Gasteiger partial charge is 0.465 e. The molecule has 0 spiro atoms. The van der Waals surface area contributed by atoms with Crippen molar-refractivity contribution in [1.29, 1.82) is 0 Å². The molecule has 1 N–H and O–H groups in total. The van der Waals surface area contributed by atoms with Gasteiger partial charge in [0.2, 0.25) is 5.91 Å². The lowest BCUT2D eigenvalue weighted by molar-refractivity contribution is -0.146. The van der Waals surface area contributed by atoms with E-state index in [9.17, 15) is 9.59 Å². The Balaban J connectivity index is 1.66. The molecule has 0 aromatic heterocycles. The number of carbonyl (C=O) groups is 2. The van der Waals surface area contributed by atoms with Gasteiger partial charge >= 0.3 is 5.97 Å². The number of carbonyl (C=O) groups excluding carboxylic acids is 2. The van der Waals surface area contributed by atoms with Gasteiger partial charge in [0.1, 0.15) is 0 Å². The Morgan fingerprint density at radius 2 is 2.12 bits per heavy atom. The number of allylic oxidation sites excluding steroid dienone is 1. The number of cyclic esters (lactones) is 1. The summed E-state index contributed by atoms with van der Waals surface area (Å²) in [4.78, 5) is 26.2. The fourth-order valence-electron chi connectivity index (χ4n) is 3.89. The second-order valence-electron chi connectivity index (χ2n) is 7.33. The van der Waals surface area contributed by atoms with Gasteiger partial charge in [-0.05, 0) is 50.6 Å². The van der Waals surface area contributed by atoms with Crippen LogP contribution < -0.4 is 5.32 Å². The van der Waals surface area contributed by atoms with E-state index >= 15 is 0 Å². The number of esters is 1. The van der Waals surface area contributed by atoms with Crippen LogP contribution in [0.25, 0.3) is 0 Å². The summed E-state index contributed by atoms with van der Waals surface area (Å²) < 4.78 is 5.33. The fraction of sp³-hybridized carbons (Fsp3) is 0.500. The number of rotatable bonds is 6. The highest BCUT2D eigenvalue weighted by atomic mass is 16.5. The zero-order valence-electron chi connectivity index (χ0n) is 15.0. The first-order valence-electron chi connectivity index (χ1n) is 8.84. The standard InChI is InChI=1S/C20H26N2O3/c1-4-22(3)12-18(23)21-17-7-5-15(6-8-17)11-20-10-14(2)9-16(20)13-25-19(20)24/h5-8,16H,2,4,9-13H2,1,3H3,(H,21,23). The zero-order valence-corrected chi connectivity index (χ0v) is 15.0. The smallest absolute Gasteiger partial charge is 0.313 e. The van der Waals surface area contributed by atoms with Crippen molar-refractivity contribution in [2.24, 2.45) is 11.3 Å². The molecule has 5 nitrogen and oxygen atoms in total. The summed E-state index contributed by atoms with van der Waals surface area (Å²) in [7, 11) is 1.91. The molecule has 1 saturated heterocycles. The van der Waals surface area contributed by atoms with Crippen molar-refractivity contribution in [3.8, 4) is 0 Å². The molecule has 3 rings (SSSR count). The molecule has 1 saturated carbocycles. The highest BCUT2D eigenvalue weighted by Crippen LogP contribution is 2.52. The Morgan fingerprint density at radius 3 is 2.80 bits per heavy atom. The topological polar surface area (TPSA) is 58.6 Å². The molecule has 1 amide bonds. The molecule has 1 aromatic carbocycles. The van der Waals surface area contributed by atoms with Crippen LogP contribution in [0.2, 0.25) is 0 Å². The number of benzene rings is 1. The third-order valence-electron chi connectivity index (χ3n) is 5.41. The molecule has 1 aliphatic carbocycles. The highest BCUT2D eigenvalue weighted by Gasteiger charge is 2.55. The maximum absolute atomic E-state index is 12.3. The minimum Gasteiger partial charge on any atom is -0.465 e. The SMILES string of the molecule is C=C1CC2COC(=O)C2(Cc2ccc(NC(=O)CN(C)CC)cc2)C1. The fourth-order valence-corrected chi connectivity index (χ4v) is 3.89. The van der Waals surface area contributed by atoms with Crippen LogP contribution in [0.15, 0.2) is 36.4 Å². The maximum Gasteiger partial charge on any atom is 0.313 e. The van der Waals surface area contributed by atoms with Crippen LogP contribution in [0, 0.1) is 11.3 Å². The van der Waals surface area contributed by atoms with E-state index in [1.165, 1.54) is 0 Å². The van der Waals surface area contributed by atoms with E-state index in [1.54, 1.807) is 0 Å². The molecule has 2 fully saturated rings. The van der Waals surface area contributed by atoms with Crippen molar-refractivity contribution < 1.29 is 14.3 Å². The lowest BCUT2D eigenvalue weighted by Crippen LogP contribution is -2.31. The molecule has 1 aromatic rings. The molecule has 0 radical (unpaired) electrons. The summed E-state index contributed by atoms with van der Waals surface area (Å²) in [5.41, 5.74) is 2.57. The number of amides is 1. The predicted octanol–water partition coefficient (Wildman–Crippen LogP) is 2.63. The minimum absolute atomic E-state index is 0.0257. The first kappa shape index (κ1) is 17.7. The lowest BCUT2D eigenvalue weighted by Gasteiger charge is -2.24. The molecule has 0 bridgehead atoms. The first-order chi connectivity index (χ1) is 11.9. The van der Waals surface area contributed by atoms with Crippen LogP contribution in [0.3, 0.4) is 0 Å². The van der Waals surface area contributed by atoms with Gasteiger partial charge in [0.25, 0.3) is 0 Å². The molecule has 1 aliphatic heterocycles. The Kier molecular flexibility index (Phi) is 4.95. The van der Waals surface area contributed by atoms with Crippen LogP contribution in [-0.2, 0) is 20.7 Å². The van der Waals surface area contributed by atoms with Crippen molar-refractivity contribution in [2.75, 3.05) is 32.1 Å². The number of likely N-dealkylation sites (N-methyl/N-ethyl adjacent to an activating group) is 1. The van der Waals surface area contributed by atoms with Gasteiger partial charge in [-0.3, -0.25) is 14.5 Å². The summed E-state index contributed by atoms with van der Waals surface area (Å²) in [5.74, 6) is 0.134. The quantitative estimate of drug-likeness (QED) is 0.638. The predicted molar refractivity (Wildman–Crippen MR) is 97.2 cm³/mol. The summed E-state index contributed by atoms with van der Waals surface area (Å²) in [6, 6.07) is 7.76. The molecule has 25 heavy (non-hydrogen) atoms. The van der Waals surface area contributed by atoms with Gasteiger partial charge in [0.15, 0.2) is 0 Å². The van der Waals surface area contributed by atoms with Crippen LogP contribution in [0.1, 0.15) is 25.3 Å². The molecular weight excluding hydrogens is 316 g/mol. The summed E-state index contributed by atoms with van der Waals surface area (Å²) >= 11 is 0. The second-order valence-corrected chi connectivity index (χ2v) is 7.33. The number of fused-ring (bicyclic) bond motifs is 1. The number of nitrogens with one attached hydrogen (secondary N) is 1. The number of hydrogen-bond donors (Lipinski definition) is 1. The first-order valence-corrected chi connectivity index (χ1v) is 8.84. The van der Waals surface area contributed by atoms with Gasteiger partial charge in [0.05, 0.1) is 18.6 Å². The van der Waals surface area contributed by atoms with E-state index in [0.717, 1.165) is 36.2 Å². The van der Waals surface area contributed by atoms with Gasteiger partial charge in [0, 0.05) is 11.6 Å². The maximum atomic E-state index is 12.3. The summed E-state index contributed by atoms with van der Waals surface area (Å²) in [6.45, 7) is 7.80. The van der Waals surface area contributed by atoms with E-state index in [0.29, 0.717) is 19.6 Å². The average molecular weight is 342 g/mol. The van der Waals surface area contributed by atoms with Crippen molar-refractivity contribution in [1.82, 2.24) is 4.90 Å². The minimum atomic E-state index is -0.439. The van der Waals surface area contributed by atoms with Crippen molar-refractivity contribution in [3.63, 3.8) is 0 Å². The van der Waals surface area contributed by atoms with E-state index in [2.05, 4.69) is 11.9 Å². The third-order valence-corrected chi connectivity index (χ3v) is 5.41. The number of anilines is 1. The van der Waals surface area contributed by atoms with E-state index in [-0.39, 0.29) is 17.8 Å². The molecule has 2 unspecified atom stereocenters. The van der Waals surface area contributed by atoms with Gasteiger partial charge in [-0.1, -0.05) is 31.2 Å². The average Bonchev–Trinajstić information content (AvgIpc) is 3.04. The molecule has 5 heteroatoms. The summed E-state index contributed by atoms with van der Waals surface area (Å²) in [5, 5.41) is 2.90. The molecule has 1 heterocycles. The van der Waals surface area contributed by atoms with E-state index in [1.807, 2.05) is 43.1 Å². The number of hydrogen-bond acceptors (Lipinski definition) is 4. The number of nitrogens with zero attached hydrogens (tertiary/aromatic N) is 1. The van der Waals surface area contributed by atoms with Crippen molar-refractivity contribution in [2.45, 2.75) is 26.2 Å². The van der Waals surface area contributed by atoms with Crippen LogP contribution in [0.4, 0.5) is 5.69 Å². The van der Waals surface area contributed by atoms with Crippen molar-refractivity contribution >= 4 is 17.6 Å². The van der Waals surface area contributed by atoms with E-state index < -0.39 is 5.41 Å². The van der Waals surface area contributed by atoms with Gasteiger partial charge < -0.3 is 10.1 Å².